The van der Waals surface area contributed by atoms with Crippen LogP contribution in [-0.2, 0) is 0 Å². The molecule has 0 bridgehead atoms. The molecule has 0 unspecified atom stereocenters. The van der Waals surface area contributed by atoms with Gasteiger partial charge in [-0.05, 0) is 35.9 Å². The summed E-state index contributed by atoms with van der Waals surface area (Å²) in [5.41, 5.74) is 3.19. The molecule has 0 fully saturated rings. The van der Waals surface area contributed by atoms with E-state index in [0.717, 1.165) is 26.3 Å². The van der Waals surface area contributed by atoms with Gasteiger partial charge in [0.2, 0.25) is 0 Å². The van der Waals surface area contributed by atoms with Crippen molar-refractivity contribution in [1.29, 1.82) is 0 Å². The van der Waals surface area contributed by atoms with Crippen molar-refractivity contribution in [1.82, 2.24) is 9.78 Å². The number of nitrogens with zero attached hydrogens (tertiary/aromatic N) is 2. The summed E-state index contributed by atoms with van der Waals surface area (Å²) in [6.07, 6.45) is 3.86. The Morgan fingerprint density at radius 2 is 1.74 bits per heavy atom. The summed E-state index contributed by atoms with van der Waals surface area (Å²) in [5.74, 6) is 0. The maximum absolute atomic E-state index is 5.89. The van der Waals surface area contributed by atoms with Crippen LogP contribution in [0.3, 0.4) is 0 Å². The summed E-state index contributed by atoms with van der Waals surface area (Å²) in [7, 11) is 0. The molecule has 94 valence electrons. The molecule has 0 atom stereocenters. The van der Waals surface area contributed by atoms with Crippen LogP contribution in [-0.4, -0.2) is 9.78 Å². The SMILES string of the molecule is Clc1ccc(-n2cc(-c3ccccc3Br)cn2)cc1. The molecule has 4 heteroatoms. The van der Waals surface area contributed by atoms with Crippen LogP contribution < -0.4 is 0 Å². The van der Waals surface area contributed by atoms with E-state index in [1.165, 1.54) is 0 Å². The van der Waals surface area contributed by atoms with Crippen molar-refractivity contribution in [2.45, 2.75) is 0 Å². The highest BCUT2D eigenvalue weighted by atomic mass is 79.9. The van der Waals surface area contributed by atoms with Crippen LogP contribution in [0.15, 0.2) is 65.4 Å². The average molecular weight is 334 g/mol. The molecule has 3 rings (SSSR count). The Morgan fingerprint density at radius 1 is 1.00 bits per heavy atom. The standard InChI is InChI=1S/C15H10BrClN2/c16-15-4-2-1-3-14(15)11-9-18-19(10-11)13-7-5-12(17)6-8-13/h1-10H. The Hall–Kier alpha value is -1.58. The first kappa shape index (κ1) is 12.5. The van der Waals surface area contributed by atoms with Crippen molar-refractivity contribution in [3.63, 3.8) is 0 Å². The highest BCUT2D eigenvalue weighted by Crippen LogP contribution is 2.28. The van der Waals surface area contributed by atoms with Gasteiger partial charge in [0, 0.05) is 21.3 Å². The van der Waals surface area contributed by atoms with E-state index in [4.69, 9.17) is 11.6 Å². The molecular formula is C15H10BrClN2. The van der Waals surface area contributed by atoms with Gasteiger partial charge in [0.05, 0.1) is 11.9 Å². The Labute approximate surface area is 124 Å². The van der Waals surface area contributed by atoms with Crippen molar-refractivity contribution in [3.05, 3.63) is 70.4 Å². The topological polar surface area (TPSA) is 17.8 Å². The monoisotopic (exact) mass is 332 g/mol. The second kappa shape index (κ2) is 5.19. The largest absolute Gasteiger partial charge is 0.240 e. The number of halogens is 2. The van der Waals surface area contributed by atoms with Crippen LogP contribution in [0.4, 0.5) is 0 Å². The van der Waals surface area contributed by atoms with Gasteiger partial charge >= 0.3 is 0 Å². The maximum atomic E-state index is 5.89. The molecule has 1 aromatic heterocycles. The molecule has 3 aromatic rings. The van der Waals surface area contributed by atoms with Gasteiger partial charge in [0.25, 0.3) is 0 Å². The molecule has 19 heavy (non-hydrogen) atoms. The number of hydrogen-bond acceptors (Lipinski definition) is 1. The molecule has 0 aliphatic heterocycles. The minimum absolute atomic E-state index is 0.724. The summed E-state index contributed by atoms with van der Waals surface area (Å²) >= 11 is 9.44. The lowest BCUT2D eigenvalue weighted by Gasteiger charge is -2.01. The highest BCUT2D eigenvalue weighted by molar-refractivity contribution is 9.10. The molecule has 0 aliphatic rings. The zero-order valence-electron chi connectivity index (χ0n) is 9.92. The predicted octanol–water partition coefficient (Wildman–Crippen LogP) is 4.96. The molecule has 0 amide bonds. The molecule has 0 saturated heterocycles. The molecule has 2 aromatic carbocycles. The molecule has 1 heterocycles. The fourth-order valence-electron chi connectivity index (χ4n) is 1.89. The zero-order valence-corrected chi connectivity index (χ0v) is 12.3. The smallest absolute Gasteiger partial charge is 0.0646 e. The van der Waals surface area contributed by atoms with Gasteiger partial charge < -0.3 is 0 Å². The molecule has 0 saturated carbocycles. The third-order valence-corrected chi connectivity index (χ3v) is 3.80. The predicted molar refractivity (Wildman–Crippen MR) is 81.7 cm³/mol. The minimum Gasteiger partial charge on any atom is -0.240 e. The number of rotatable bonds is 2. The van der Waals surface area contributed by atoms with Gasteiger partial charge in [-0.3, -0.25) is 0 Å². The summed E-state index contributed by atoms with van der Waals surface area (Å²) in [6.45, 7) is 0. The number of hydrogen-bond donors (Lipinski definition) is 0. The van der Waals surface area contributed by atoms with Crippen molar-refractivity contribution < 1.29 is 0 Å². The van der Waals surface area contributed by atoms with Crippen LogP contribution >= 0.6 is 27.5 Å². The normalized spacial score (nSPS) is 10.6. The lowest BCUT2D eigenvalue weighted by Crippen LogP contribution is -1.92. The fourth-order valence-corrected chi connectivity index (χ4v) is 2.53. The second-order valence-corrected chi connectivity index (χ2v) is 5.42. The summed E-state index contributed by atoms with van der Waals surface area (Å²) in [5, 5.41) is 5.11. The number of benzene rings is 2. The van der Waals surface area contributed by atoms with E-state index < -0.39 is 0 Å². The Bertz CT molecular complexity index is 704. The van der Waals surface area contributed by atoms with Crippen molar-refractivity contribution in [2.24, 2.45) is 0 Å². The van der Waals surface area contributed by atoms with Crippen LogP contribution in [0, 0.1) is 0 Å². The highest BCUT2D eigenvalue weighted by Gasteiger charge is 2.06. The van der Waals surface area contributed by atoms with E-state index in [2.05, 4.69) is 27.1 Å². The van der Waals surface area contributed by atoms with Gasteiger partial charge in [0.1, 0.15) is 0 Å². The third kappa shape index (κ3) is 2.57. The molecule has 0 aliphatic carbocycles. The first-order chi connectivity index (χ1) is 9.24. The number of aromatic nitrogens is 2. The van der Waals surface area contributed by atoms with Crippen molar-refractivity contribution in [3.8, 4) is 16.8 Å². The lowest BCUT2D eigenvalue weighted by molar-refractivity contribution is 0.881. The quantitative estimate of drug-likeness (QED) is 0.648. The van der Waals surface area contributed by atoms with Gasteiger partial charge in [-0.2, -0.15) is 5.10 Å². The lowest BCUT2D eigenvalue weighted by atomic mass is 10.1. The van der Waals surface area contributed by atoms with E-state index >= 15 is 0 Å². The molecule has 0 spiro atoms. The van der Waals surface area contributed by atoms with E-state index in [9.17, 15) is 0 Å². The third-order valence-electron chi connectivity index (χ3n) is 2.86. The molecule has 0 radical (unpaired) electrons. The Kier molecular flexibility index (Phi) is 3.40. The molecular weight excluding hydrogens is 324 g/mol. The molecule has 0 N–H and O–H groups in total. The van der Waals surface area contributed by atoms with Crippen LogP contribution in [0.5, 0.6) is 0 Å². The second-order valence-electron chi connectivity index (χ2n) is 4.13. The molecule has 2 nitrogen and oxygen atoms in total. The van der Waals surface area contributed by atoms with Gasteiger partial charge in [-0.25, -0.2) is 4.68 Å². The van der Waals surface area contributed by atoms with Gasteiger partial charge in [-0.1, -0.05) is 45.7 Å². The van der Waals surface area contributed by atoms with Crippen molar-refractivity contribution >= 4 is 27.5 Å². The van der Waals surface area contributed by atoms with E-state index in [-0.39, 0.29) is 0 Å². The first-order valence-electron chi connectivity index (χ1n) is 5.79. The van der Waals surface area contributed by atoms with E-state index in [1.54, 1.807) is 0 Å². The average Bonchev–Trinajstić information content (AvgIpc) is 2.89. The van der Waals surface area contributed by atoms with Crippen molar-refractivity contribution in [2.75, 3.05) is 0 Å². The fraction of sp³-hybridized carbons (Fsp3) is 0. The van der Waals surface area contributed by atoms with Crippen LogP contribution in [0.1, 0.15) is 0 Å². The Morgan fingerprint density at radius 3 is 2.47 bits per heavy atom. The maximum Gasteiger partial charge on any atom is 0.0646 e. The minimum atomic E-state index is 0.724. The first-order valence-corrected chi connectivity index (χ1v) is 6.96. The van der Waals surface area contributed by atoms with Gasteiger partial charge in [-0.15, -0.1) is 0 Å². The van der Waals surface area contributed by atoms with Crippen LogP contribution in [0.25, 0.3) is 16.8 Å². The van der Waals surface area contributed by atoms with E-state index in [0.29, 0.717) is 0 Å². The zero-order chi connectivity index (χ0) is 13.2. The van der Waals surface area contributed by atoms with Crippen LogP contribution in [0.2, 0.25) is 5.02 Å². The summed E-state index contributed by atoms with van der Waals surface area (Å²) < 4.78 is 2.90. The van der Waals surface area contributed by atoms with Gasteiger partial charge in [0.15, 0.2) is 0 Å². The Balaban J connectivity index is 2.00. The summed E-state index contributed by atoms with van der Waals surface area (Å²) in [4.78, 5) is 0. The summed E-state index contributed by atoms with van der Waals surface area (Å²) in [6, 6.07) is 15.7. The van der Waals surface area contributed by atoms with E-state index in [1.807, 2.05) is 59.5 Å².